The van der Waals surface area contributed by atoms with Crippen LogP contribution in [0.5, 0.6) is 0 Å². The third-order valence-electron chi connectivity index (χ3n) is 5.35. The van der Waals surface area contributed by atoms with Crippen LogP contribution in [0.4, 0.5) is 4.39 Å². The van der Waals surface area contributed by atoms with Crippen molar-refractivity contribution in [3.63, 3.8) is 0 Å². The fourth-order valence-electron chi connectivity index (χ4n) is 3.73. The van der Waals surface area contributed by atoms with Crippen LogP contribution in [0.15, 0.2) is 54.6 Å². The first-order valence-corrected chi connectivity index (χ1v) is 9.50. The van der Waals surface area contributed by atoms with E-state index in [4.69, 9.17) is 0 Å². The summed E-state index contributed by atoms with van der Waals surface area (Å²) in [6.45, 7) is 4.89. The number of aromatic nitrogens is 4. The summed E-state index contributed by atoms with van der Waals surface area (Å²) in [6, 6.07) is 16.8. The van der Waals surface area contributed by atoms with Crippen LogP contribution in [0.2, 0.25) is 0 Å². The highest BCUT2D eigenvalue weighted by Crippen LogP contribution is 2.31. The van der Waals surface area contributed by atoms with Crippen molar-refractivity contribution in [3.8, 4) is 0 Å². The Labute approximate surface area is 158 Å². The summed E-state index contributed by atoms with van der Waals surface area (Å²) < 4.78 is 15.4. The van der Waals surface area contributed by atoms with E-state index in [0.29, 0.717) is 6.54 Å². The standard InChI is InChI=1S/C21H24FN5/c1-16-11-13-26(14-12-16)20(18-7-9-19(22)10-8-18)21-23-24-25-27(21)15-17-5-3-2-4-6-17/h2-10,16,20H,11-15H2,1H3/t20-/m0/s1. The highest BCUT2D eigenvalue weighted by molar-refractivity contribution is 5.26. The van der Waals surface area contributed by atoms with E-state index in [1.165, 1.54) is 12.1 Å². The second-order valence-electron chi connectivity index (χ2n) is 7.35. The van der Waals surface area contributed by atoms with Crippen LogP contribution in [0.3, 0.4) is 0 Å². The van der Waals surface area contributed by atoms with Gasteiger partial charge in [-0.1, -0.05) is 49.4 Å². The average molecular weight is 365 g/mol. The molecule has 1 aliphatic heterocycles. The fraction of sp³-hybridized carbons (Fsp3) is 0.381. The molecule has 0 amide bonds. The van der Waals surface area contributed by atoms with Gasteiger partial charge < -0.3 is 0 Å². The van der Waals surface area contributed by atoms with Crippen molar-refractivity contribution >= 4 is 0 Å². The minimum Gasteiger partial charge on any atom is -0.290 e. The number of rotatable bonds is 5. The largest absolute Gasteiger partial charge is 0.290 e. The molecule has 0 unspecified atom stereocenters. The SMILES string of the molecule is CC1CCN([C@@H](c2ccc(F)cc2)c2nnnn2Cc2ccccc2)CC1. The Bertz CT molecular complexity index is 854. The van der Waals surface area contributed by atoms with Crippen LogP contribution in [0.1, 0.15) is 42.8 Å². The van der Waals surface area contributed by atoms with E-state index in [-0.39, 0.29) is 11.9 Å². The maximum atomic E-state index is 13.5. The van der Waals surface area contributed by atoms with E-state index in [0.717, 1.165) is 48.8 Å². The van der Waals surface area contributed by atoms with Crippen LogP contribution >= 0.6 is 0 Å². The molecule has 3 aromatic rings. The molecular weight excluding hydrogens is 341 g/mol. The molecule has 0 radical (unpaired) electrons. The van der Waals surface area contributed by atoms with Crippen molar-refractivity contribution < 1.29 is 4.39 Å². The molecule has 0 bridgehead atoms. The summed E-state index contributed by atoms with van der Waals surface area (Å²) in [5.74, 6) is 1.31. The lowest BCUT2D eigenvalue weighted by atomic mass is 9.95. The normalized spacial score (nSPS) is 17.1. The van der Waals surface area contributed by atoms with E-state index in [2.05, 4.69) is 39.5 Å². The molecule has 2 heterocycles. The molecule has 140 valence electrons. The molecule has 1 aliphatic rings. The summed E-state index contributed by atoms with van der Waals surface area (Å²) in [5.41, 5.74) is 2.17. The number of piperidine rings is 1. The second-order valence-corrected chi connectivity index (χ2v) is 7.35. The molecular formula is C21H24FN5. The topological polar surface area (TPSA) is 46.8 Å². The van der Waals surface area contributed by atoms with Crippen LogP contribution < -0.4 is 0 Å². The smallest absolute Gasteiger partial charge is 0.173 e. The maximum Gasteiger partial charge on any atom is 0.173 e. The Morgan fingerprint density at radius 2 is 1.74 bits per heavy atom. The summed E-state index contributed by atoms with van der Waals surface area (Å²) in [6.07, 6.45) is 2.30. The molecule has 1 atom stereocenters. The monoisotopic (exact) mass is 365 g/mol. The Morgan fingerprint density at radius 1 is 1.04 bits per heavy atom. The van der Waals surface area contributed by atoms with E-state index >= 15 is 0 Å². The summed E-state index contributed by atoms with van der Waals surface area (Å²) in [4.78, 5) is 2.42. The predicted octanol–water partition coefficient (Wildman–Crippen LogP) is 3.68. The second kappa shape index (κ2) is 7.96. The molecule has 27 heavy (non-hydrogen) atoms. The van der Waals surface area contributed by atoms with Crippen molar-refractivity contribution in [2.24, 2.45) is 5.92 Å². The van der Waals surface area contributed by atoms with Gasteiger partial charge in [-0.05, 0) is 65.5 Å². The first-order chi connectivity index (χ1) is 13.2. The average Bonchev–Trinajstić information content (AvgIpc) is 3.13. The van der Waals surface area contributed by atoms with Crippen LogP contribution in [0, 0.1) is 11.7 Å². The molecule has 2 aromatic carbocycles. The predicted molar refractivity (Wildman–Crippen MR) is 102 cm³/mol. The number of benzene rings is 2. The van der Waals surface area contributed by atoms with Crippen LogP contribution in [-0.2, 0) is 6.54 Å². The lowest BCUT2D eigenvalue weighted by Gasteiger charge is -2.36. The van der Waals surface area contributed by atoms with Gasteiger partial charge in [0.2, 0.25) is 0 Å². The quantitative estimate of drug-likeness (QED) is 0.692. The maximum absolute atomic E-state index is 13.5. The molecule has 0 spiro atoms. The highest BCUT2D eigenvalue weighted by atomic mass is 19.1. The number of halogens is 1. The lowest BCUT2D eigenvalue weighted by Crippen LogP contribution is -2.38. The van der Waals surface area contributed by atoms with Gasteiger partial charge >= 0.3 is 0 Å². The van der Waals surface area contributed by atoms with Crippen molar-refractivity contribution in [2.45, 2.75) is 32.4 Å². The Kier molecular flexibility index (Phi) is 5.25. The molecule has 1 fully saturated rings. The summed E-state index contributed by atoms with van der Waals surface area (Å²) in [5, 5.41) is 12.6. The van der Waals surface area contributed by atoms with Gasteiger partial charge in [-0.15, -0.1) is 5.10 Å². The molecule has 5 nitrogen and oxygen atoms in total. The van der Waals surface area contributed by atoms with Gasteiger partial charge in [0.25, 0.3) is 0 Å². The van der Waals surface area contributed by atoms with Gasteiger partial charge in [-0.3, -0.25) is 4.90 Å². The number of hydrogen-bond donors (Lipinski definition) is 0. The zero-order chi connectivity index (χ0) is 18.6. The molecule has 1 aromatic heterocycles. The summed E-state index contributed by atoms with van der Waals surface area (Å²) in [7, 11) is 0. The fourth-order valence-corrected chi connectivity index (χ4v) is 3.73. The molecule has 0 aliphatic carbocycles. The van der Waals surface area contributed by atoms with E-state index in [1.807, 2.05) is 35.0 Å². The zero-order valence-electron chi connectivity index (χ0n) is 15.5. The minimum atomic E-state index is -0.228. The summed E-state index contributed by atoms with van der Waals surface area (Å²) >= 11 is 0. The molecule has 6 heteroatoms. The van der Waals surface area contributed by atoms with E-state index in [1.54, 1.807) is 0 Å². The Hall–Kier alpha value is -2.60. The zero-order valence-corrected chi connectivity index (χ0v) is 15.5. The van der Waals surface area contributed by atoms with Crippen molar-refractivity contribution in [3.05, 3.63) is 77.4 Å². The first-order valence-electron chi connectivity index (χ1n) is 9.50. The molecule has 0 saturated carbocycles. The number of hydrogen-bond acceptors (Lipinski definition) is 4. The van der Waals surface area contributed by atoms with Gasteiger partial charge in [-0.2, -0.15) is 0 Å². The van der Waals surface area contributed by atoms with Gasteiger partial charge in [0.15, 0.2) is 5.82 Å². The van der Waals surface area contributed by atoms with Gasteiger partial charge in [0, 0.05) is 0 Å². The van der Waals surface area contributed by atoms with E-state index in [9.17, 15) is 4.39 Å². The molecule has 4 rings (SSSR count). The van der Waals surface area contributed by atoms with Crippen molar-refractivity contribution in [1.29, 1.82) is 0 Å². The van der Waals surface area contributed by atoms with Gasteiger partial charge in [0.05, 0.1) is 12.6 Å². The van der Waals surface area contributed by atoms with Crippen LogP contribution in [0.25, 0.3) is 0 Å². The highest BCUT2D eigenvalue weighted by Gasteiger charge is 2.30. The Balaban J connectivity index is 1.69. The van der Waals surface area contributed by atoms with Crippen LogP contribution in [-0.4, -0.2) is 38.2 Å². The lowest BCUT2D eigenvalue weighted by molar-refractivity contribution is 0.150. The number of nitrogens with zero attached hydrogens (tertiary/aromatic N) is 5. The number of tetrazole rings is 1. The first kappa shape index (κ1) is 17.8. The minimum absolute atomic E-state index is 0.0724. The van der Waals surface area contributed by atoms with Crippen molar-refractivity contribution in [1.82, 2.24) is 25.1 Å². The van der Waals surface area contributed by atoms with Gasteiger partial charge in [0.1, 0.15) is 5.82 Å². The van der Waals surface area contributed by atoms with Crippen molar-refractivity contribution in [2.75, 3.05) is 13.1 Å². The third kappa shape index (κ3) is 4.06. The van der Waals surface area contributed by atoms with Gasteiger partial charge in [-0.25, -0.2) is 9.07 Å². The third-order valence-corrected chi connectivity index (χ3v) is 5.35. The van der Waals surface area contributed by atoms with E-state index < -0.39 is 0 Å². The number of likely N-dealkylation sites (tertiary alicyclic amines) is 1. The molecule has 1 saturated heterocycles. The molecule has 0 N–H and O–H groups in total. The Morgan fingerprint density at radius 3 is 2.44 bits per heavy atom.